The van der Waals surface area contributed by atoms with Crippen LogP contribution in [-0.2, 0) is 12.8 Å². The van der Waals surface area contributed by atoms with Crippen molar-refractivity contribution in [1.82, 2.24) is 4.90 Å². The van der Waals surface area contributed by atoms with Gasteiger partial charge in [-0.25, -0.2) is 0 Å². The zero-order valence-electron chi connectivity index (χ0n) is 18.2. The molecule has 0 unspecified atom stereocenters. The Morgan fingerprint density at radius 1 is 1.13 bits per heavy atom. The number of fused-ring (bicyclic) bond motifs is 1. The van der Waals surface area contributed by atoms with Gasteiger partial charge >= 0.3 is 0 Å². The maximum atomic E-state index is 6.38. The Bertz CT molecular complexity index is 884. The molecule has 4 heteroatoms. The Morgan fingerprint density at radius 3 is 2.70 bits per heavy atom. The molecule has 0 aromatic heterocycles. The molecule has 2 aromatic rings. The first-order chi connectivity index (χ1) is 14.7. The summed E-state index contributed by atoms with van der Waals surface area (Å²) in [5.41, 5.74) is 8.13. The Hall–Kier alpha value is -1.97. The molecule has 2 aliphatic heterocycles. The first-order valence-electron chi connectivity index (χ1n) is 11.5. The number of aryl methyl sites for hydroxylation is 2. The van der Waals surface area contributed by atoms with Gasteiger partial charge in [0.05, 0.1) is 10.7 Å². The van der Waals surface area contributed by atoms with Gasteiger partial charge in [0.1, 0.15) is 0 Å². The lowest BCUT2D eigenvalue weighted by Crippen LogP contribution is -2.46. The summed E-state index contributed by atoms with van der Waals surface area (Å²) in [7, 11) is 0. The molecule has 0 atom stereocenters. The number of rotatable bonds is 7. The molecule has 3 nitrogen and oxygen atoms in total. The summed E-state index contributed by atoms with van der Waals surface area (Å²) < 4.78 is 0. The quantitative estimate of drug-likeness (QED) is 0.600. The van der Waals surface area contributed by atoms with E-state index in [1.54, 1.807) is 0 Å². The van der Waals surface area contributed by atoms with Gasteiger partial charge in [0.15, 0.2) is 0 Å². The Labute approximate surface area is 186 Å². The molecule has 30 heavy (non-hydrogen) atoms. The van der Waals surface area contributed by atoms with Crippen molar-refractivity contribution in [2.45, 2.75) is 39.0 Å². The largest absolute Gasteiger partial charge is 0.385 e. The fourth-order valence-electron chi connectivity index (χ4n) is 4.71. The molecule has 1 N–H and O–H groups in total. The van der Waals surface area contributed by atoms with Crippen molar-refractivity contribution in [2.24, 2.45) is 0 Å². The second kappa shape index (κ2) is 9.89. The molecule has 0 aliphatic carbocycles. The SMILES string of the molecule is C=C(CCN1CCN(c2ccccc2Cl)CC1)c1cc(CCC)c2c(c1)CCCN2. The van der Waals surface area contributed by atoms with Gasteiger partial charge in [-0.1, -0.05) is 43.7 Å². The van der Waals surface area contributed by atoms with Gasteiger partial charge in [-0.05, 0) is 72.2 Å². The average Bonchev–Trinajstić information content (AvgIpc) is 2.78. The minimum atomic E-state index is 0.851. The monoisotopic (exact) mass is 423 g/mol. The molecule has 2 heterocycles. The van der Waals surface area contributed by atoms with Crippen molar-refractivity contribution in [2.75, 3.05) is 49.5 Å². The molecule has 0 bridgehead atoms. The zero-order chi connectivity index (χ0) is 20.9. The lowest BCUT2D eigenvalue weighted by molar-refractivity contribution is 0.264. The van der Waals surface area contributed by atoms with Crippen LogP contribution in [0.15, 0.2) is 43.0 Å². The molecule has 2 aromatic carbocycles. The molecule has 0 saturated carbocycles. The normalized spacial score (nSPS) is 16.8. The highest BCUT2D eigenvalue weighted by molar-refractivity contribution is 6.33. The van der Waals surface area contributed by atoms with Crippen molar-refractivity contribution in [3.63, 3.8) is 0 Å². The van der Waals surface area contributed by atoms with Gasteiger partial charge in [0.2, 0.25) is 0 Å². The maximum absolute atomic E-state index is 6.38. The van der Waals surface area contributed by atoms with E-state index >= 15 is 0 Å². The minimum Gasteiger partial charge on any atom is -0.385 e. The van der Waals surface area contributed by atoms with Crippen LogP contribution in [0.3, 0.4) is 0 Å². The molecule has 1 saturated heterocycles. The molecular formula is C26H34ClN3. The molecule has 1 fully saturated rings. The second-order valence-electron chi connectivity index (χ2n) is 8.58. The number of para-hydroxylation sites is 1. The van der Waals surface area contributed by atoms with Crippen molar-refractivity contribution in [3.05, 3.63) is 64.7 Å². The number of nitrogens with one attached hydrogen (secondary N) is 1. The van der Waals surface area contributed by atoms with Gasteiger partial charge in [-0.3, -0.25) is 4.90 Å². The smallest absolute Gasteiger partial charge is 0.0639 e. The van der Waals surface area contributed by atoms with Crippen molar-refractivity contribution in [1.29, 1.82) is 0 Å². The van der Waals surface area contributed by atoms with Crippen LogP contribution in [0.1, 0.15) is 42.9 Å². The van der Waals surface area contributed by atoms with Crippen LogP contribution in [0.4, 0.5) is 11.4 Å². The van der Waals surface area contributed by atoms with Crippen LogP contribution < -0.4 is 10.2 Å². The van der Waals surface area contributed by atoms with Crippen molar-refractivity contribution < 1.29 is 0 Å². The lowest BCUT2D eigenvalue weighted by atomic mass is 9.91. The number of piperazine rings is 1. The van der Waals surface area contributed by atoms with Crippen LogP contribution in [0.25, 0.3) is 5.57 Å². The molecule has 0 spiro atoms. The third kappa shape index (κ3) is 4.84. The molecular weight excluding hydrogens is 390 g/mol. The second-order valence-corrected chi connectivity index (χ2v) is 8.99. The van der Waals surface area contributed by atoms with Crippen LogP contribution >= 0.6 is 11.6 Å². The van der Waals surface area contributed by atoms with E-state index in [4.69, 9.17) is 11.6 Å². The van der Waals surface area contributed by atoms with Gasteiger partial charge < -0.3 is 10.2 Å². The van der Waals surface area contributed by atoms with E-state index < -0.39 is 0 Å². The van der Waals surface area contributed by atoms with E-state index in [9.17, 15) is 0 Å². The van der Waals surface area contributed by atoms with Crippen molar-refractivity contribution in [3.8, 4) is 0 Å². The average molecular weight is 424 g/mol. The Morgan fingerprint density at radius 2 is 1.93 bits per heavy atom. The summed E-state index contributed by atoms with van der Waals surface area (Å²) in [5.74, 6) is 0. The maximum Gasteiger partial charge on any atom is 0.0639 e. The van der Waals surface area contributed by atoms with E-state index in [0.29, 0.717) is 0 Å². The fraction of sp³-hybridized carbons (Fsp3) is 0.462. The number of hydrogen-bond acceptors (Lipinski definition) is 3. The van der Waals surface area contributed by atoms with E-state index in [2.05, 4.69) is 52.9 Å². The first kappa shape index (κ1) is 21.3. The van der Waals surface area contributed by atoms with Gasteiger partial charge in [-0.2, -0.15) is 0 Å². The zero-order valence-corrected chi connectivity index (χ0v) is 19.0. The van der Waals surface area contributed by atoms with E-state index in [-0.39, 0.29) is 0 Å². The summed E-state index contributed by atoms with van der Waals surface area (Å²) in [5, 5.41) is 4.49. The number of anilines is 2. The summed E-state index contributed by atoms with van der Waals surface area (Å²) >= 11 is 6.38. The summed E-state index contributed by atoms with van der Waals surface area (Å²) in [6.07, 6.45) is 5.76. The molecule has 160 valence electrons. The van der Waals surface area contributed by atoms with Gasteiger partial charge in [0.25, 0.3) is 0 Å². The van der Waals surface area contributed by atoms with Crippen LogP contribution in [0, 0.1) is 0 Å². The fourth-order valence-corrected chi connectivity index (χ4v) is 4.97. The Kier molecular flexibility index (Phi) is 7.01. The van der Waals surface area contributed by atoms with Gasteiger partial charge in [-0.15, -0.1) is 0 Å². The van der Waals surface area contributed by atoms with Crippen LogP contribution in [0.5, 0.6) is 0 Å². The predicted octanol–water partition coefficient (Wildman–Crippen LogP) is 5.88. The highest BCUT2D eigenvalue weighted by Gasteiger charge is 2.19. The first-order valence-corrected chi connectivity index (χ1v) is 11.8. The molecule has 2 aliphatic rings. The number of halogens is 1. The summed E-state index contributed by atoms with van der Waals surface area (Å²) in [6, 6.07) is 12.9. The van der Waals surface area contributed by atoms with Crippen LogP contribution in [-0.4, -0.2) is 44.2 Å². The third-order valence-corrected chi connectivity index (χ3v) is 6.77. The Balaban J connectivity index is 1.34. The molecule has 0 radical (unpaired) electrons. The van der Waals surface area contributed by atoms with Gasteiger partial charge in [0, 0.05) is 45.0 Å². The topological polar surface area (TPSA) is 18.5 Å². The van der Waals surface area contributed by atoms with Crippen LogP contribution in [0.2, 0.25) is 5.02 Å². The van der Waals surface area contributed by atoms with E-state index in [1.165, 1.54) is 47.2 Å². The molecule has 0 amide bonds. The number of hydrogen-bond donors (Lipinski definition) is 1. The minimum absolute atomic E-state index is 0.851. The van der Waals surface area contributed by atoms with E-state index in [0.717, 1.165) is 62.8 Å². The van der Waals surface area contributed by atoms with Crippen molar-refractivity contribution >= 4 is 28.5 Å². The summed E-state index contributed by atoms with van der Waals surface area (Å²) in [6.45, 7) is 13.1. The summed E-state index contributed by atoms with van der Waals surface area (Å²) in [4.78, 5) is 4.96. The third-order valence-electron chi connectivity index (χ3n) is 6.45. The number of benzene rings is 2. The predicted molar refractivity (Wildman–Crippen MR) is 131 cm³/mol. The lowest BCUT2D eigenvalue weighted by Gasteiger charge is -2.36. The highest BCUT2D eigenvalue weighted by atomic mass is 35.5. The number of nitrogens with zero attached hydrogens (tertiary/aromatic N) is 2. The van der Waals surface area contributed by atoms with E-state index in [1.807, 2.05) is 12.1 Å². The standard InChI is InChI=1S/C26H34ClN3/c1-3-7-21-18-23(19-22-8-6-12-28-26(21)22)20(2)11-13-29-14-16-30(17-15-29)25-10-5-4-9-24(25)27/h4-5,9-10,18-19,28H,2-3,6-8,11-17H2,1H3. The highest BCUT2D eigenvalue weighted by Crippen LogP contribution is 2.32. The molecule has 4 rings (SSSR count).